The minimum atomic E-state index is -0.256. The van der Waals surface area contributed by atoms with Crippen LogP contribution in [0.3, 0.4) is 0 Å². The third kappa shape index (κ3) is 2.60. The summed E-state index contributed by atoms with van der Waals surface area (Å²) in [6.07, 6.45) is 1.70. The zero-order valence-corrected chi connectivity index (χ0v) is 12.5. The molecule has 20 heavy (non-hydrogen) atoms. The molecule has 2 nitrogen and oxygen atoms in total. The molecule has 0 spiro atoms. The van der Waals surface area contributed by atoms with Crippen LogP contribution in [0.25, 0.3) is 0 Å². The summed E-state index contributed by atoms with van der Waals surface area (Å²) in [5, 5.41) is 10.6. The van der Waals surface area contributed by atoms with Crippen LogP contribution < -0.4 is 0 Å². The van der Waals surface area contributed by atoms with Crippen LogP contribution in [0.1, 0.15) is 36.1 Å². The van der Waals surface area contributed by atoms with Gasteiger partial charge in [0.15, 0.2) is 0 Å². The second-order valence-corrected chi connectivity index (χ2v) is 5.63. The lowest BCUT2D eigenvalue weighted by atomic mass is 9.76. The third-order valence-electron chi connectivity index (χ3n) is 3.72. The first-order valence-corrected chi connectivity index (χ1v) is 6.78. The standard InChI is InChI=1S/C18H21NO/c1-13-10-14(12-19-4)17(20)16(11-13)18(2,3)15-8-6-5-7-9-15/h5-12,20H,1-4H3/b19-12+. The Morgan fingerprint density at radius 2 is 1.75 bits per heavy atom. The SMILES string of the molecule is C/N=C/c1cc(C)cc(C(C)(C)c2ccccc2)c1O. The average molecular weight is 267 g/mol. The van der Waals surface area contributed by atoms with E-state index in [1.807, 2.05) is 31.2 Å². The highest BCUT2D eigenvalue weighted by Crippen LogP contribution is 2.38. The number of aryl methyl sites for hydroxylation is 1. The molecule has 2 rings (SSSR count). The highest BCUT2D eigenvalue weighted by Gasteiger charge is 2.27. The molecule has 0 saturated heterocycles. The molecular formula is C18H21NO. The second kappa shape index (κ2) is 5.49. The van der Waals surface area contributed by atoms with Gasteiger partial charge in [-0.2, -0.15) is 0 Å². The molecule has 0 aliphatic carbocycles. The van der Waals surface area contributed by atoms with Crippen molar-refractivity contribution in [1.82, 2.24) is 0 Å². The summed E-state index contributed by atoms with van der Waals surface area (Å²) in [5.41, 5.74) is 3.75. The molecule has 2 aromatic carbocycles. The lowest BCUT2D eigenvalue weighted by molar-refractivity contribution is 0.452. The lowest BCUT2D eigenvalue weighted by Gasteiger charge is -2.28. The van der Waals surface area contributed by atoms with Gasteiger partial charge < -0.3 is 5.11 Å². The Morgan fingerprint density at radius 3 is 2.35 bits per heavy atom. The van der Waals surface area contributed by atoms with Crippen molar-refractivity contribution in [2.45, 2.75) is 26.2 Å². The van der Waals surface area contributed by atoms with Crippen LogP contribution in [0, 0.1) is 6.92 Å². The van der Waals surface area contributed by atoms with Gasteiger partial charge in [0, 0.05) is 29.8 Å². The number of aliphatic imine (C=N–C) groups is 1. The number of aromatic hydroxyl groups is 1. The smallest absolute Gasteiger partial charge is 0.128 e. The van der Waals surface area contributed by atoms with Crippen molar-refractivity contribution >= 4 is 6.21 Å². The average Bonchev–Trinajstić information content (AvgIpc) is 2.43. The number of phenols is 1. The van der Waals surface area contributed by atoms with Crippen LogP contribution in [0.2, 0.25) is 0 Å². The van der Waals surface area contributed by atoms with Crippen LogP contribution in [0.5, 0.6) is 5.75 Å². The molecule has 0 bridgehead atoms. The van der Waals surface area contributed by atoms with Crippen LogP contribution in [-0.2, 0) is 5.41 Å². The molecule has 0 saturated carbocycles. The highest BCUT2D eigenvalue weighted by atomic mass is 16.3. The van der Waals surface area contributed by atoms with Gasteiger partial charge in [0.05, 0.1) is 0 Å². The van der Waals surface area contributed by atoms with Gasteiger partial charge in [0.25, 0.3) is 0 Å². The molecular weight excluding hydrogens is 246 g/mol. The maximum absolute atomic E-state index is 10.6. The predicted octanol–water partition coefficient (Wildman–Crippen LogP) is 4.08. The number of nitrogens with zero attached hydrogens (tertiary/aromatic N) is 1. The molecule has 0 unspecified atom stereocenters. The summed E-state index contributed by atoms with van der Waals surface area (Å²) in [4.78, 5) is 4.02. The van der Waals surface area contributed by atoms with Crippen LogP contribution in [-0.4, -0.2) is 18.4 Å². The third-order valence-corrected chi connectivity index (χ3v) is 3.72. The Labute approximate surface area is 120 Å². The van der Waals surface area contributed by atoms with Crippen LogP contribution >= 0.6 is 0 Å². The molecule has 0 aliphatic heterocycles. The number of phenolic OH excluding ortho intramolecular Hbond substituents is 1. The van der Waals surface area contributed by atoms with Crippen LogP contribution in [0.4, 0.5) is 0 Å². The van der Waals surface area contributed by atoms with Crippen molar-refractivity contribution in [2.75, 3.05) is 7.05 Å². The lowest BCUT2D eigenvalue weighted by Crippen LogP contribution is -2.19. The number of rotatable bonds is 3. The predicted molar refractivity (Wildman–Crippen MR) is 84.9 cm³/mol. The quantitative estimate of drug-likeness (QED) is 0.835. The molecule has 2 aromatic rings. The van der Waals surface area contributed by atoms with Gasteiger partial charge in [-0.25, -0.2) is 0 Å². The maximum Gasteiger partial charge on any atom is 0.128 e. The zero-order chi connectivity index (χ0) is 14.8. The highest BCUT2D eigenvalue weighted by molar-refractivity contribution is 5.84. The summed E-state index contributed by atoms with van der Waals surface area (Å²) in [6.45, 7) is 6.30. The van der Waals surface area contributed by atoms with E-state index < -0.39 is 0 Å². The van der Waals surface area contributed by atoms with Gasteiger partial charge in [-0.3, -0.25) is 4.99 Å². The molecule has 0 radical (unpaired) electrons. The van der Waals surface area contributed by atoms with Crippen LogP contribution in [0.15, 0.2) is 47.5 Å². The van der Waals surface area contributed by atoms with E-state index >= 15 is 0 Å². The zero-order valence-electron chi connectivity index (χ0n) is 12.5. The Morgan fingerprint density at radius 1 is 1.10 bits per heavy atom. The minimum Gasteiger partial charge on any atom is -0.507 e. The Kier molecular flexibility index (Phi) is 3.93. The first-order chi connectivity index (χ1) is 9.46. The Balaban J connectivity index is 2.63. The van der Waals surface area contributed by atoms with Crippen molar-refractivity contribution in [3.63, 3.8) is 0 Å². The molecule has 0 heterocycles. The van der Waals surface area contributed by atoms with E-state index in [-0.39, 0.29) is 5.41 Å². The number of benzene rings is 2. The molecule has 104 valence electrons. The van der Waals surface area contributed by atoms with Crippen molar-refractivity contribution in [3.8, 4) is 5.75 Å². The first kappa shape index (κ1) is 14.3. The summed E-state index contributed by atoms with van der Waals surface area (Å²) in [5.74, 6) is 0.315. The fourth-order valence-electron chi connectivity index (χ4n) is 2.53. The van der Waals surface area contributed by atoms with E-state index in [1.165, 1.54) is 5.56 Å². The van der Waals surface area contributed by atoms with E-state index in [2.05, 4.69) is 37.0 Å². The Hall–Kier alpha value is -2.09. The van der Waals surface area contributed by atoms with E-state index in [0.717, 1.165) is 16.7 Å². The van der Waals surface area contributed by atoms with Gasteiger partial charge in [-0.1, -0.05) is 50.2 Å². The Bertz CT molecular complexity index is 627. The van der Waals surface area contributed by atoms with Crippen molar-refractivity contribution in [2.24, 2.45) is 4.99 Å². The monoisotopic (exact) mass is 267 g/mol. The fraction of sp³-hybridized carbons (Fsp3) is 0.278. The summed E-state index contributed by atoms with van der Waals surface area (Å²) < 4.78 is 0. The minimum absolute atomic E-state index is 0.256. The maximum atomic E-state index is 10.6. The molecule has 0 aliphatic rings. The van der Waals surface area contributed by atoms with Gasteiger partial charge in [0.2, 0.25) is 0 Å². The van der Waals surface area contributed by atoms with E-state index in [9.17, 15) is 5.11 Å². The molecule has 1 N–H and O–H groups in total. The van der Waals surface area contributed by atoms with Crippen molar-refractivity contribution in [3.05, 3.63) is 64.7 Å². The van der Waals surface area contributed by atoms with E-state index in [1.54, 1.807) is 13.3 Å². The van der Waals surface area contributed by atoms with Gasteiger partial charge >= 0.3 is 0 Å². The number of hydrogen-bond donors (Lipinski definition) is 1. The van der Waals surface area contributed by atoms with Crippen molar-refractivity contribution in [1.29, 1.82) is 0 Å². The van der Waals surface area contributed by atoms with E-state index in [4.69, 9.17) is 0 Å². The summed E-state index contributed by atoms with van der Waals surface area (Å²) in [7, 11) is 1.71. The van der Waals surface area contributed by atoms with Gasteiger partial charge in [-0.15, -0.1) is 0 Å². The summed E-state index contributed by atoms with van der Waals surface area (Å²) in [6, 6.07) is 14.2. The first-order valence-electron chi connectivity index (χ1n) is 6.78. The number of hydrogen-bond acceptors (Lipinski definition) is 2. The molecule has 0 fully saturated rings. The normalized spacial score (nSPS) is 12.0. The summed E-state index contributed by atoms with van der Waals surface area (Å²) >= 11 is 0. The van der Waals surface area contributed by atoms with Gasteiger partial charge in [0.1, 0.15) is 5.75 Å². The van der Waals surface area contributed by atoms with Gasteiger partial charge in [-0.05, 0) is 24.1 Å². The molecule has 0 amide bonds. The second-order valence-electron chi connectivity index (χ2n) is 5.63. The fourth-order valence-corrected chi connectivity index (χ4v) is 2.53. The topological polar surface area (TPSA) is 32.6 Å². The molecule has 0 atom stereocenters. The molecule has 2 heteroatoms. The van der Waals surface area contributed by atoms with Crippen molar-refractivity contribution < 1.29 is 5.11 Å². The van der Waals surface area contributed by atoms with E-state index in [0.29, 0.717) is 5.75 Å². The molecule has 0 aromatic heterocycles. The largest absolute Gasteiger partial charge is 0.507 e.